The molecule has 0 aromatic heterocycles. The van der Waals surface area contributed by atoms with Gasteiger partial charge in [0.1, 0.15) is 28.2 Å². The van der Waals surface area contributed by atoms with Crippen LogP contribution in [0.1, 0.15) is 59.4 Å². The van der Waals surface area contributed by atoms with Crippen molar-refractivity contribution in [3.63, 3.8) is 0 Å². The summed E-state index contributed by atoms with van der Waals surface area (Å²) in [5, 5.41) is -1.42. The van der Waals surface area contributed by atoms with Crippen LogP contribution < -0.4 is 9.64 Å². The van der Waals surface area contributed by atoms with Crippen LogP contribution in [0.3, 0.4) is 0 Å². The largest absolute Gasteiger partial charge is 0.492 e. The standard InChI is InChI=1S/C29H39F6N2O6PS/c1-7-27(4,44(38,42-8-2)43-9-3)19-41-25-17-26-24(16-23(25)29(33,34)35)37(21-12-10-20(30)11-13-21)18-22(14-15-28(5,31)32)36(6)45(26,39)40/h10-13,16-17,22H,7-9,14-15,18-19H2,1-6H3/t22-,27?/m1/s1. The molecule has 2 atom stereocenters. The summed E-state index contributed by atoms with van der Waals surface area (Å²) in [7, 11) is -7.34. The van der Waals surface area contributed by atoms with E-state index in [0.717, 1.165) is 22.5 Å². The van der Waals surface area contributed by atoms with Crippen molar-refractivity contribution in [1.82, 2.24) is 4.31 Å². The van der Waals surface area contributed by atoms with Crippen molar-refractivity contribution < 1.29 is 53.1 Å². The first-order valence-corrected chi connectivity index (χ1v) is 17.4. The third-order valence-corrected chi connectivity index (χ3v) is 12.7. The number of hydrogen-bond donors (Lipinski definition) is 0. The van der Waals surface area contributed by atoms with Gasteiger partial charge in [0.15, 0.2) is 0 Å². The number of alkyl halides is 5. The number of rotatable bonds is 13. The van der Waals surface area contributed by atoms with Gasteiger partial charge in [-0.15, -0.1) is 0 Å². The van der Waals surface area contributed by atoms with E-state index < -0.39 is 81.7 Å². The van der Waals surface area contributed by atoms with E-state index in [1.807, 2.05) is 0 Å². The number of anilines is 2. The van der Waals surface area contributed by atoms with Gasteiger partial charge in [0.2, 0.25) is 15.9 Å². The van der Waals surface area contributed by atoms with Crippen molar-refractivity contribution in [3.05, 3.63) is 47.8 Å². The van der Waals surface area contributed by atoms with E-state index in [4.69, 9.17) is 13.8 Å². The molecule has 0 aliphatic carbocycles. The van der Waals surface area contributed by atoms with E-state index in [9.17, 15) is 39.3 Å². The number of halogens is 6. The van der Waals surface area contributed by atoms with Crippen molar-refractivity contribution in [1.29, 1.82) is 0 Å². The first kappa shape index (κ1) is 37.1. The quantitative estimate of drug-likeness (QED) is 0.155. The summed E-state index contributed by atoms with van der Waals surface area (Å²) in [5.41, 5.74) is -1.58. The van der Waals surface area contributed by atoms with Crippen LogP contribution in [0.5, 0.6) is 5.75 Å². The van der Waals surface area contributed by atoms with E-state index in [0.29, 0.717) is 13.0 Å². The highest BCUT2D eigenvalue weighted by atomic mass is 32.2. The third kappa shape index (κ3) is 8.16. The molecule has 1 aliphatic heterocycles. The molecule has 45 heavy (non-hydrogen) atoms. The van der Waals surface area contributed by atoms with E-state index in [-0.39, 0.29) is 38.3 Å². The molecule has 0 radical (unpaired) electrons. The third-order valence-electron chi connectivity index (χ3n) is 7.84. The lowest BCUT2D eigenvalue weighted by atomic mass is 10.1. The van der Waals surface area contributed by atoms with Crippen LogP contribution in [0.2, 0.25) is 0 Å². The first-order chi connectivity index (χ1) is 20.7. The molecule has 2 aromatic rings. The van der Waals surface area contributed by atoms with Gasteiger partial charge in [0, 0.05) is 37.8 Å². The number of hydrogen-bond acceptors (Lipinski definition) is 7. The number of benzene rings is 2. The Morgan fingerprint density at radius 2 is 1.56 bits per heavy atom. The van der Waals surface area contributed by atoms with Crippen molar-refractivity contribution in [2.75, 3.05) is 38.3 Å². The average Bonchev–Trinajstić information content (AvgIpc) is 3.02. The summed E-state index contributed by atoms with van der Waals surface area (Å²) in [5.74, 6) is -4.63. The number of ether oxygens (including phenoxy) is 1. The predicted octanol–water partition coefficient (Wildman–Crippen LogP) is 8.23. The Hall–Kier alpha value is -2.32. The Bertz CT molecular complexity index is 1480. The Kier molecular flexibility index (Phi) is 11.4. The molecular formula is C29H39F6N2O6PS. The molecule has 2 aromatic carbocycles. The molecule has 0 spiro atoms. The van der Waals surface area contributed by atoms with Gasteiger partial charge in [-0.1, -0.05) is 6.92 Å². The van der Waals surface area contributed by atoms with Crippen LogP contribution >= 0.6 is 7.60 Å². The summed E-state index contributed by atoms with van der Waals surface area (Å²) in [4.78, 5) is 0.654. The molecular weight excluding hydrogens is 649 g/mol. The molecule has 3 rings (SSSR count). The van der Waals surface area contributed by atoms with Crippen molar-refractivity contribution >= 4 is 29.0 Å². The maximum absolute atomic E-state index is 14.6. The van der Waals surface area contributed by atoms with Crippen molar-refractivity contribution in [2.24, 2.45) is 0 Å². The second-order valence-corrected chi connectivity index (χ2v) is 15.7. The lowest BCUT2D eigenvalue weighted by Crippen LogP contribution is -2.41. The summed E-state index contributed by atoms with van der Waals surface area (Å²) in [6.07, 6.45) is -5.95. The Balaban J connectivity index is 2.24. The monoisotopic (exact) mass is 688 g/mol. The van der Waals surface area contributed by atoms with E-state index >= 15 is 0 Å². The molecule has 1 aliphatic rings. The maximum Gasteiger partial charge on any atom is 0.420 e. The highest BCUT2D eigenvalue weighted by molar-refractivity contribution is 7.89. The second kappa shape index (κ2) is 13.8. The normalized spacial score (nSPS) is 19.1. The molecule has 0 saturated heterocycles. The zero-order chi connectivity index (χ0) is 34.0. The van der Waals surface area contributed by atoms with Gasteiger partial charge in [-0.25, -0.2) is 21.6 Å². The minimum Gasteiger partial charge on any atom is -0.492 e. The number of fused-ring (bicyclic) bond motifs is 1. The molecule has 0 amide bonds. The van der Waals surface area contributed by atoms with Crippen LogP contribution in [0.25, 0.3) is 0 Å². The summed E-state index contributed by atoms with van der Waals surface area (Å²) in [6, 6.07) is 4.87. The maximum atomic E-state index is 14.6. The van der Waals surface area contributed by atoms with Crippen LogP contribution in [-0.4, -0.2) is 63.3 Å². The van der Waals surface area contributed by atoms with Gasteiger partial charge in [-0.3, -0.25) is 4.57 Å². The minimum absolute atomic E-state index is 0.00551. The summed E-state index contributed by atoms with van der Waals surface area (Å²) < 4.78 is 144. The van der Waals surface area contributed by atoms with Gasteiger partial charge >= 0.3 is 13.8 Å². The number of nitrogens with zero attached hydrogens (tertiary/aromatic N) is 2. The fourth-order valence-corrected chi connectivity index (χ4v) is 8.49. The first-order valence-electron chi connectivity index (χ1n) is 14.4. The summed E-state index contributed by atoms with van der Waals surface area (Å²) in [6.45, 7) is 6.06. The lowest BCUT2D eigenvalue weighted by molar-refractivity contribution is -0.139. The van der Waals surface area contributed by atoms with Crippen LogP contribution in [0.15, 0.2) is 41.3 Å². The molecule has 1 heterocycles. The Morgan fingerprint density at radius 1 is 0.978 bits per heavy atom. The molecule has 254 valence electrons. The van der Waals surface area contributed by atoms with Gasteiger partial charge in [-0.05, 0) is 70.9 Å². The Labute approximate surface area is 260 Å². The van der Waals surface area contributed by atoms with Gasteiger partial charge in [0.25, 0.3) is 0 Å². The van der Waals surface area contributed by atoms with Crippen LogP contribution in [0, 0.1) is 5.82 Å². The smallest absolute Gasteiger partial charge is 0.420 e. The second-order valence-electron chi connectivity index (χ2n) is 11.2. The topological polar surface area (TPSA) is 85.4 Å². The molecule has 8 nitrogen and oxygen atoms in total. The number of sulfonamides is 1. The average molecular weight is 689 g/mol. The fraction of sp³-hybridized carbons (Fsp3) is 0.586. The SMILES string of the molecule is CCOP(=O)(OCC)C(C)(CC)COc1cc2c(cc1C(F)(F)F)N(c1ccc(F)cc1)C[C@@H](CCC(C)(F)F)N(C)S2(=O)=O. The zero-order valence-electron chi connectivity index (χ0n) is 26.0. The number of likely N-dealkylation sites (N-methyl/N-ethyl adjacent to an activating group) is 1. The Morgan fingerprint density at radius 3 is 2.04 bits per heavy atom. The molecule has 0 fully saturated rings. The van der Waals surface area contributed by atoms with Gasteiger partial charge < -0.3 is 18.7 Å². The highest BCUT2D eigenvalue weighted by Gasteiger charge is 2.48. The molecule has 16 heteroatoms. The van der Waals surface area contributed by atoms with Crippen LogP contribution in [0.4, 0.5) is 37.7 Å². The van der Waals surface area contributed by atoms with E-state index in [1.165, 1.54) is 31.0 Å². The van der Waals surface area contributed by atoms with Crippen molar-refractivity contribution in [3.8, 4) is 5.75 Å². The molecule has 1 unspecified atom stereocenters. The zero-order valence-corrected chi connectivity index (χ0v) is 27.7. The molecule has 0 bridgehead atoms. The highest BCUT2D eigenvalue weighted by Crippen LogP contribution is 2.61. The van der Waals surface area contributed by atoms with Gasteiger partial charge in [0.05, 0.1) is 24.5 Å². The van der Waals surface area contributed by atoms with E-state index in [2.05, 4.69) is 0 Å². The minimum atomic E-state index is -5.05. The summed E-state index contributed by atoms with van der Waals surface area (Å²) >= 11 is 0. The van der Waals surface area contributed by atoms with Crippen LogP contribution in [-0.2, 0) is 29.8 Å². The van der Waals surface area contributed by atoms with Crippen molar-refractivity contribution in [2.45, 2.75) is 82.1 Å². The lowest BCUT2D eigenvalue weighted by Gasteiger charge is -2.35. The van der Waals surface area contributed by atoms with Gasteiger partial charge in [-0.2, -0.15) is 17.5 Å². The van der Waals surface area contributed by atoms with E-state index in [1.54, 1.807) is 20.8 Å². The molecule has 0 N–H and O–H groups in total. The fourth-order valence-electron chi connectivity index (χ4n) is 4.94. The molecule has 0 saturated carbocycles. The predicted molar refractivity (Wildman–Crippen MR) is 158 cm³/mol.